The van der Waals surface area contributed by atoms with Crippen molar-refractivity contribution in [2.24, 2.45) is 5.92 Å². The standard InChI is InChI=1S/C21H25FN4O/c1-14-8-10-25(11-9-14)13-20(27)24-21-19(12-23)15(2)16(3)26(21)18-6-4-17(22)5-7-18/h4-7,14H,8-11,13H2,1-3H3,(H,24,27). The monoisotopic (exact) mass is 368 g/mol. The summed E-state index contributed by atoms with van der Waals surface area (Å²) >= 11 is 0. The van der Waals surface area contributed by atoms with Gasteiger partial charge in [-0.3, -0.25) is 14.3 Å². The molecule has 0 saturated carbocycles. The minimum Gasteiger partial charge on any atom is -0.310 e. The van der Waals surface area contributed by atoms with Crippen molar-refractivity contribution in [3.05, 3.63) is 46.9 Å². The fraction of sp³-hybridized carbons (Fsp3) is 0.429. The summed E-state index contributed by atoms with van der Waals surface area (Å²) in [6, 6.07) is 8.23. The normalized spacial score (nSPS) is 15.5. The molecule has 1 fully saturated rings. The SMILES string of the molecule is Cc1c(C#N)c(NC(=O)CN2CCC(C)CC2)n(-c2ccc(F)cc2)c1C. The van der Waals surface area contributed by atoms with E-state index in [1.807, 2.05) is 18.4 Å². The Morgan fingerprint density at radius 3 is 2.48 bits per heavy atom. The first-order chi connectivity index (χ1) is 12.9. The van der Waals surface area contributed by atoms with Crippen molar-refractivity contribution < 1.29 is 9.18 Å². The predicted molar refractivity (Wildman–Crippen MR) is 103 cm³/mol. The van der Waals surface area contributed by atoms with Gasteiger partial charge in [0.25, 0.3) is 0 Å². The number of amides is 1. The van der Waals surface area contributed by atoms with Crippen LogP contribution in [0.4, 0.5) is 10.2 Å². The average Bonchev–Trinajstić information content (AvgIpc) is 2.88. The van der Waals surface area contributed by atoms with Gasteiger partial charge in [0.1, 0.15) is 17.7 Å². The van der Waals surface area contributed by atoms with Crippen LogP contribution in [0.5, 0.6) is 0 Å². The lowest BCUT2D eigenvalue weighted by atomic mass is 9.99. The average molecular weight is 368 g/mol. The maximum absolute atomic E-state index is 13.3. The number of nitrogens with zero attached hydrogens (tertiary/aromatic N) is 3. The van der Waals surface area contributed by atoms with Gasteiger partial charge >= 0.3 is 0 Å². The third-order valence-corrected chi connectivity index (χ3v) is 5.41. The molecule has 1 N–H and O–H groups in total. The maximum atomic E-state index is 13.3. The number of benzene rings is 1. The van der Waals surface area contributed by atoms with Gasteiger partial charge in [0.2, 0.25) is 5.91 Å². The molecule has 1 aliphatic rings. The van der Waals surface area contributed by atoms with E-state index in [9.17, 15) is 14.4 Å². The zero-order valence-corrected chi connectivity index (χ0v) is 16.1. The number of halogens is 1. The molecule has 0 bridgehead atoms. The highest BCUT2D eigenvalue weighted by atomic mass is 19.1. The van der Waals surface area contributed by atoms with Gasteiger partial charge in [-0.2, -0.15) is 5.26 Å². The number of rotatable bonds is 4. The number of piperidine rings is 1. The molecular formula is C21H25FN4O. The van der Waals surface area contributed by atoms with Crippen molar-refractivity contribution in [3.8, 4) is 11.8 Å². The van der Waals surface area contributed by atoms with Crippen molar-refractivity contribution >= 4 is 11.7 Å². The Bertz CT molecular complexity index is 871. The summed E-state index contributed by atoms with van der Waals surface area (Å²) in [5, 5.41) is 12.5. The van der Waals surface area contributed by atoms with Crippen LogP contribution in [-0.2, 0) is 4.79 Å². The minimum atomic E-state index is -0.328. The lowest BCUT2D eigenvalue weighted by Gasteiger charge is -2.29. The van der Waals surface area contributed by atoms with Crippen molar-refractivity contribution in [3.63, 3.8) is 0 Å². The van der Waals surface area contributed by atoms with E-state index < -0.39 is 0 Å². The second kappa shape index (κ2) is 7.93. The van der Waals surface area contributed by atoms with Gasteiger partial charge < -0.3 is 5.32 Å². The van der Waals surface area contributed by atoms with E-state index in [1.54, 1.807) is 12.1 Å². The summed E-state index contributed by atoms with van der Waals surface area (Å²) in [6.45, 7) is 8.12. The molecule has 3 rings (SSSR count). The Morgan fingerprint density at radius 1 is 1.26 bits per heavy atom. The fourth-order valence-electron chi connectivity index (χ4n) is 3.57. The third-order valence-electron chi connectivity index (χ3n) is 5.41. The van der Waals surface area contributed by atoms with Crippen LogP contribution in [0.1, 0.15) is 36.6 Å². The number of carbonyl (C=O) groups excluding carboxylic acids is 1. The molecule has 2 aromatic rings. The van der Waals surface area contributed by atoms with E-state index in [-0.39, 0.29) is 11.7 Å². The molecule has 142 valence electrons. The molecule has 1 saturated heterocycles. The number of aromatic nitrogens is 1. The first kappa shape index (κ1) is 19.1. The van der Waals surface area contributed by atoms with Crippen molar-refractivity contribution in [2.45, 2.75) is 33.6 Å². The van der Waals surface area contributed by atoms with Gasteiger partial charge in [-0.25, -0.2) is 4.39 Å². The summed E-state index contributed by atoms with van der Waals surface area (Å²) in [5.74, 6) is 0.692. The zero-order valence-electron chi connectivity index (χ0n) is 16.1. The highest BCUT2D eigenvalue weighted by Crippen LogP contribution is 2.30. The van der Waals surface area contributed by atoms with E-state index in [0.29, 0.717) is 29.5 Å². The van der Waals surface area contributed by atoms with Gasteiger partial charge in [0.15, 0.2) is 0 Å². The van der Waals surface area contributed by atoms with Crippen molar-refractivity contribution in [2.75, 3.05) is 25.0 Å². The Morgan fingerprint density at radius 2 is 1.89 bits per heavy atom. The van der Waals surface area contributed by atoms with Crippen molar-refractivity contribution in [1.82, 2.24) is 9.47 Å². The van der Waals surface area contributed by atoms with E-state index in [2.05, 4.69) is 23.2 Å². The lowest BCUT2D eigenvalue weighted by molar-refractivity contribution is -0.117. The van der Waals surface area contributed by atoms with Crippen LogP contribution in [0.25, 0.3) is 5.69 Å². The first-order valence-corrected chi connectivity index (χ1v) is 9.30. The molecule has 0 aliphatic carbocycles. The number of hydrogen-bond donors (Lipinski definition) is 1. The Hall–Kier alpha value is -2.65. The van der Waals surface area contributed by atoms with Gasteiger partial charge in [0.05, 0.1) is 12.1 Å². The van der Waals surface area contributed by atoms with Crippen molar-refractivity contribution in [1.29, 1.82) is 5.26 Å². The zero-order chi connectivity index (χ0) is 19.6. The molecule has 0 spiro atoms. The van der Waals surface area contributed by atoms with E-state index in [1.165, 1.54) is 12.1 Å². The number of nitriles is 1. The number of anilines is 1. The largest absolute Gasteiger partial charge is 0.310 e. The minimum absolute atomic E-state index is 0.137. The molecule has 0 atom stereocenters. The van der Waals surface area contributed by atoms with E-state index in [0.717, 1.165) is 37.2 Å². The first-order valence-electron chi connectivity index (χ1n) is 9.30. The molecule has 1 aromatic heterocycles. The van der Waals surface area contributed by atoms with Gasteiger partial charge in [-0.15, -0.1) is 0 Å². The number of hydrogen-bond acceptors (Lipinski definition) is 3. The highest BCUT2D eigenvalue weighted by molar-refractivity contribution is 5.93. The summed E-state index contributed by atoms with van der Waals surface area (Å²) in [5.41, 5.74) is 2.81. The molecule has 2 heterocycles. The molecule has 5 nitrogen and oxygen atoms in total. The number of likely N-dealkylation sites (tertiary alicyclic amines) is 1. The van der Waals surface area contributed by atoms with Crippen LogP contribution < -0.4 is 5.32 Å². The Kier molecular flexibility index (Phi) is 5.62. The molecule has 27 heavy (non-hydrogen) atoms. The Balaban J connectivity index is 1.87. The molecule has 6 heteroatoms. The highest BCUT2D eigenvalue weighted by Gasteiger charge is 2.23. The third kappa shape index (κ3) is 4.04. The quantitative estimate of drug-likeness (QED) is 0.893. The smallest absolute Gasteiger partial charge is 0.239 e. The molecule has 1 aromatic carbocycles. The van der Waals surface area contributed by atoms with Gasteiger partial charge in [-0.05, 0) is 75.5 Å². The van der Waals surface area contributed by atoms with Crippen LogP contribution in [0.2, 0.25) is 0 Å². The van der Waals surface area contributed by atoms with Crippen LogP contribution in [0.3, 0.4) is 0 Å². The second-order valence-electron chi connectivity index (χ2n) is 7.36. The molecule has 1 aliphatic heterocycles. The maximum Gasteiger partial charge on any atom is 0.239 e. The van der Waals surface area contributed by atoms with Gasteiger partial charge in [0, 0.05) is 11.4 Å². The van der Waals surface area contributed by atoms with Crippen LogP contribution in [-0.4, -0.2) is 35.0 Å². The molecule has 1 amide bonds. The molecular weight excluding hydrogens is 343 g/mol. The molecule has 0 unspecified atom stereocenters. The van der Waals surface area contributed by atoms with Crippen LogP contribution in [0.15, 0.2) is 24.3 Å². The topological polar surface area (TPSA) is 61.1 Å². The van der Waals surface area contributed by atoms with Crippen LogP contribution in [0, 0.1) is 36.9 Å². The van der Waals surface area contributed by atoms with Gasteiger partial charge in [-0.1, -0.05) is 6.92 Å². The van der Waals surface area contributed by atoms with E-state index in [4.69, 9.17) is 0 Å². The fourth-order valence-corrected chi connectivity index (χ4v) is 3.57. The predicted octanol–water partition coefficient (Wildman–Crippen LogP) is 3.78. The molecule has 0 radical (unpaired) electrons. The second-order valence-corrected chi connectivity index (χ2v) is 7.36. The summed E-state index contributed by atoms with van der Waals surface area (Å²) in [4.78, 5) is 14.8. The van der Waals surface area contributed by atoms with E-state index >= 15 is 0 Å². The number of carbonyl (C=O) groups is 1. The summed E-state index contributed by atoms with van der Waals surface area (Å²) in [7, 11) is 0. The lowest BCUT2D eigenvalue weighted by Crippen LogP contribution is -2.39. The summed E-state index contributed by atoms with van der Waals surface area (Å²) in [6.07, 6.45) is 2.20. The Labute approximate surface area is 159 Å². The van der Waals surface area contributed by atoms with Crippen LogP contribution >= 0.6 is 0 Å². The number of nitrogens with one attached hydrogen (secondary N) is 1. The summed E-state index contributed by atoms with van der Waals surface area (Å²) < 4.78 is 15.1.